The van der Waals surface area contributed by atoms with Crippen LogP contribution in [-0.2, 0) is 6.54 Å². The van der Waals surface area contributed by atoms with Gasteiger partial charge in [0.25, 0.3) is 0 Å². The normalized spacial score (nSPS) is 10.6. The number of rotatable bonds is 6. The molecule has 0 unspecified atom stereocenters. The van der Waals surface area contributed by atoms with Crippen LogP contribution < -0.4 is 10.1 Å². The topological polar surface area (TPSA) is 47.0 Å². The van der Waals surface area contributed by atoms with Crippen LogP contribution in [0.4, 0.5) is 5.82 Å². The quantitative estimate of drug-likeness (QED) is 0.872. The molecule has 2 aromatic rings. The molecule has 0 saturated carbocycles. The van der Waals surface area contributed by atoms with Crippen molar-refractivity contribution in [3.63, 3.8) is 0 Å². The van der Waals surface area contributed by atoms with Crippen LogP contribution in [0.3, 0.4) is 0 Å². The lowest BCUT2D eigenvalue weighted by molar-refractivity contribution is 0.340. The zero-order valence-corrected chi connectivity index (χ0v) is 12.3. The summed E-state index contributed by atoms with van der Waals surface area (Å²) in [6, 6.07) is 10.1. The van der Waals surface area contributed by atoms with E-state index in [9.17, 15) is 0 Å². The molecule has 1 N–H and O–H groups in total. The van der Waals surface area contributed by atoms with Crippen LogP contribution in [0.15, 0.2) is 36.7 Å². The third kappa shape index (κ3) is 3.95. The SMILES string of the molecule is CCOc1cccc(CNc2cc(C(C)C)ncn2)c1. The van der Waals surface area contributed by atoms with Crippen LogP contribution in [-0.4, -0.2) is 16.6 Å². The molecule has 0 atom stereocenters. The number of ether oxygens (including phenoxy) is 1. The molecule has 106 valence electrons. The van der Waals surface area contributed by atoms with Gasteiger partial charge in [-0.3, -0.25) is 0 Å². The molecule has 0 saturated heterocycles. The van der Waals surface area contributed by atoms with Gasteiger partial charge in [0.2, 0.25) is 0 Å². The maximum atomic E-state index is 5.50. The molecule has 1 aromatic heterocycles. The smallest absolute Gasteiger partial charge is 0.129 e. The van der Waals surface area contributed by atoms with Crippen molar-refractivity contribution in [3.8, 4) is 5.75 Å². The number of nitrogens with one attached hydrogen (secondary N) is 1. The summed E-state index contributed by atoms with van der Waals surface area (Å²) in [6.07, 6.45) is 1.61. The fourth-order valence-corrected chi connectivity index (χ4v) is 1.89. The molecule has 20 heavy (non-hydrogen) atoms. The fraction of sp³-hybridized carbons (Fsp3) is 0.375. The molecule has 0 aliphatic rings. The fourth-order valence-electron chi connectivity index (χ4n) is 1.89. The Labute approximate surface area is 120 Å². The van der Waals surface area contributed by atoms with E-state index in [1.807, 2.05) is 31.2 Å². The van der Waals surface area contributed by atoms with E-state index in [0.717, 1.165) is 23.8 Å². The number of benzene rings is 1. The second-order valence-corrected chi connectivity index (χ2v) is 4.92. The first kappa shape index (κ1) is 14.3. The van der Waals surface area contributed by atoms with Gasteiger partial charge in [0.05, 0.1) is 6.61 Å². The predicted molar refractivity (Wildman–Crippen MR) is 81.1 cm³/mol. The summed E-state index contributed by atoms with van der Waals surface area (Å²) in [6.45, 7) is 7.63. The zero-order chi connectivity index (χ0) is 14.4. The standard InChI is InChI=1S/C16H21N3O/c1-4-20-14-7-5-6-13(8-14)10-17-16-9-15(12(2)3)18-11-19-16/h5-9,11-12H,4,10H2,1-3H3,(H,17,18,19). The van der Waals surface area contributed by atoms with Crippen molar-refractivity contribution in [2.75, 3.05) is 11.9 Å². The monoisotopic (exact) mass is 271 g/mol. The summed E-state index contributed by atoms with van der Waals surface area (Å²) in [5.41, 5.74) is 2.21. The first-order valence-corrected chi connectivity index (χ1v) is 6.96. The number of hydrogen-bond donors (Lipinski definition) is 1. The summed E-state index contributed by atoms with van der Waals surface area (Å²) >= 11 is 0. The highest BCUT2D eigenvalue weighted by Crippen LogP contribution is 2.16. The minimum atomic E-state index is 0.403. The molecular weight excluding hydrogens is 250 g/mol. The van der Waals surface area contributed by atoms with Gasteiger partial charge >= 0.3 is 0 Å². The Morgan fingerprint density at radius 1 is 1.20 bits per heavy atom. The molecule has 0 aliphatic heterocycles. The van der Waals surface area contributed by atoms with Crippen LogP contribution >= 0.6 is 0 Å². The van der Waals surface area contributed by atoms with Gasteiger partial charge in [-0.15, -0.1) is 0 Å². The van der Waals surface area contributed by atoms with E-state index >= 15 is 0 Å². The Kier molecular flexibility index (Phi) is 4.93. The van der Waals surface area contributed by atoms with Gasteiger partial charge in [0.15, 0.2) is 0 Å². The molecule has 4 heteroatoms. The number of anilines is 1. The molecular formula is C16H21N3O. The summed E-state index contributed by atoms with van der Waals surface area (Å²) in [7, 11) is 0. The van der Waals surface area contributed by atoms with Crippen molar-refractivity contribution in [3.05, 3.63) is 47.9 Å². The molecule has 1 aromatic carbocycles. The third-order valence-corrected chi connectivity index (χ3v) is 2.96. The van der Waals surface area contributed by atoms with Crippen molar-refractivity contribution < 1.29 is 4.74 Å². The molecule has 0 bridgehead atoms. The molecule has 0 amide bonds. The van der Waals surface area contributed by atoms with Gasteiger partial charge in [-0.05, 0) is 30.5 Å². The van der Waals surface area contributed by atoms with Crippen LogP contribution in [0.5, 0.6) is 5.75 Å². The Balaban J connectivity index is 2.01. The minimum Gasteiger partial charge on any atom is -0.494 e. The first-order valence-electron chi connectivity index (χ1n) is 6.96. The highest BCUT2D eigenvalue weighted by atomic mass is 16.5. The Morgan fingerprint density at radius 3 is 2.80 bits per heavy atom. The highest BCUT2D eigenvalue weighted by Gasteiger charge is 2.03. The average molecular weight is 271 g/mol. The summed E-state index contributed by atoms with van der Waals surface area (Å²) in [5, 5.41) is 3.32. The molecule has 4 nitrogen and oxygen atoms in total. The van der Waals surface area contributed by atoms with E-state index in [2.05, 4.69) is 35.2 Å². The number of hydrogen-bond acceptors (Lipinski definition) is 4. The number of nitrogens with zero attached hydrogens (tertiary/aromatic N) is 2. The van der Waals surface area contributed by atoms with Gasteiger partial charge < -0.3 is 10.1 Å². The Morgan fingerprint density at radius 2 is 2.05 bits per heavy atom. The van der Waals surface area contributed by atoms with E-state index in [4.69, 9.17) is 4.74 Å². The van der Waals surface area contributed by atoms with E-state index in [1.165, 1.54) is 5.56 Å². The maximum Gasteiger partial charge on any atom is 0.129 e. The lowest BCUT2D eigenvalue weighted by atomic mass is 10.1. The van der Waals surface area contributed by atoms with Crippen molar-refractivity contribution in [1.82, 2.24) is 9.97 Å². The third-order valence-electron chi connectivity index (χ3n) is 2.96. The predicted octanol–water partition coefficient (Wildman–Crippen LogP) is 3.61. The minimum absolute atomic E-state index is 0.403. The van der Waals surface area contributed by atoms with Crippen LogP contribution in [0.25, 0.3) is 0 Å². The van der Waals surface area contributed by atoms with Gasteiger partial charge in [-0.1, -0.05) is 26.0 Å². The van der Waals surface area contributed by atoms with Crippen LogP contribution in [0.2, 0.25) is 0 Å². The zero-order valence-electron chi connectivity index (χ0n) is 12.3. The van der Waals surface area contributed by atoms with Crippen molar-refractivity contribution in [2.24, 2.45) is 0 Å². The first-order chi connectivity index (χ1) is 9.69. The largest absolute Gasteiger partial charge is 0.494 e. The van der Waals surface area contributed by atoms with Crippen molar-refractivity contribution in [2.45, 2.75) is 33.2 Å². The summed E-state index contributed by atoms with van der Waals surface area (Å²) in [4.78, 5) is 8.50. The van der Waals surface area contributed by atoms with Gasteiger partial charge in [0, 0.05) is 18.3 Å². The van der Waals surface area contributed by atoms with Gasteiger partial charge in [-0.25, -0.2) is 9.97 Å². The van der Waals surface area contributed by atoms with E-state index in [1.54, 1.807) is 6.33 Å². The Bertz CT molecular complexity index is 555. The second-order valence-electron chi connectivity index (χ2n) is 4.92. The molecule has 0 radical (unpaired) electrons. The summed E-state index contributed by atoms with van der Waals surface area (Å²) < 4.78 is 5.50. The summed E-state index contributed by atoms with van der Waals surface area (Å²) in [5.74, 6) is 2.16. The molecule has 1 heterocycles. The average Bonchev–Trinajstić information content (AvgIpc) is 2.46. The van der Waals surface area contributed by atoms with Crippen LogP contribution in [0, 0.1) is 0 Å². The van der Waals surface area contributed by atoms with E-state index < -0.39 is 0 Å². The highest BCUT2D eigenvalue weighted by molar-refractivity contribution is 5.38. The molecule has 0 fully saturated rings. The second kappa shape index (κ2) is 6.89. The van der Waals surface area contributed by atoms with Crippen molar-refractivity contribution in [1.29, 1.82) is 0 Å². The maximum absolute atomic E-state index is 5.50. The molecule has 0 aliphatic carbocycles. The van der Waals surface area contributed by atoms with Gasteiger partial charge in [0.1, 0.15) is 17.9 Å². The molecule has 2 rings (SSSR count). The van der Waals surface area contributed by atoms with E-state index in [-0.39, 0.29) is 0 Å². The van der Waals surface area contributed by atoms with Gasteiger partial charge in [-0.2, -0.15) is 0 Å². The number of aromatic nitrogens is 2. The molecule has 0 spiro atoms. The van der Waals surface area contributed by atoms with E-state index in [0.29, 0.717) is 12.5 Å². The lowest BCUT2D eigenvalue weighted by Gasteiger charge is -2.10. The van der Waals surface area contributed by atoms with Crippen molar-refractivity contribution >= 4 is 5.82 Å². The Hall–Kier alpha value is -2.10. The lowest BCUT2D eigenvalue weighted by Crippen LogP contribution is -2.04. The van der Waals surface area contributed by atoms with Crippen LogP contribution in [0.1, 0.15) is 37.9 Å².